The minimum absolute atomic E-state index is 0.0792. The van der Waals surface area contributed by atoms with Crippen LogP contribution in [0.2, 0.25) is 0 Å². The SMILES string of the molecule is Cc1csc([C@@H]2CCCCN2C(=O)COC[C@H]2CCCO2)n1. The molecule has 22 heavy (non-hydrogen) atoms. The molecule has 2 atom stereocenters. The maximum absolute atomic E-state index is 12.5. The Labute approximate surface area is 135 Å². The van der Waals surface area contributed by atoms with E-state index in [4.69, 9.17) is 9.47 Å². The topological polar surface area (TPSA) is 51.7 Å². The van der Waals surface area contributed by atoms with Gasteiger partial charge in [-0.1, -0.05) is 0 Å². The minimum atomic E-state index is 0.0792. The summed E-state index contributed by atoms with van der Waals surface area (Å²) in [6, 6.07) is 0.131. The molecule has 0 unspecified atom stereocenters. The number of piperidine rings is 1. The average Bonchev–Trinajstić information content (AvgIpc) is 3.19. The molecule has 1 aromatic heterocycles. The maximum atomic E-state index is 12.5. The van der Waals surface area contributed by atoms with E-state index in [1.165, 1.54) is 0 Å². The summed E-state index contributed by atoms with van der Waals surface area (Å²) in [5.41, 5.74) is 1.03. The van der Waals surface area contributed by atoms with Gasteiger partial charge in [-0.05, 0) is 39.0 Å². The molecule has 0 aromatic carbocycles. The molecule has 2 aliphatic rings. The Kier molecular flexibility index (Phi) is 5.44. The molecule has 0 radical (unpaired) electrons. The molecule has 1 amide bonds. The van der Waals surface area contributed by atoms with Crippen LogP contribution in [0.5, 0.6) is 0 Å². The third kappa shape index (κ3) is 3.86. The number of nitrogens with zero attached hydrogens (tertiary/aromatic N) is 2. The van der Waals surface area contributed by atoms with Crippen molar-refractivity contribution in [3.05, 3.63) is 16.1 Å². The molecular weight excluding hydrogens is 300 g/mol. The van der Waals surface area contributed by atoms with Gasteiger partial charge in [0, 0.05) is 24.2 Å². The predicted octanol–water partition coefficient (Wildman–Crippen LogP) is 2.70. The number of aromatic nitrogens is 1. The number of rotatable bonds is 5. The first-order chi connectivity index (χ1) is 10.7. The van der Waals surface area contributed by atoms with Gasteiger partial charge in [0.25, 0.3) is 0 Å². The van der Waals surface area contributed by atoms with Crippen LogP contribution in [0.25, 0.3) is 0 Å². The third-order valence-electron chi connectivity index (χ3n) is 4.30. The maximum Gasteiger partial charge on any atom is 0.249 e. The van der Waals surface area contributed by atoms with E-state index in [-0.39, 0.29) is 24.7 Å². The Morgan fingerprint density at radius 1 is 1.45 bits per heavy atom. The molecule has 0 aliphatic carbocycles. The van der Waals surface area contributed by atoms with Crippen molar-refractivity contribution in [2.75, 3.05) is 26.4 Å². The van der Waals surface area contributed by atoms with Gasteiger partial charge in [0.1, 0.15) is 11.6 Å². The second-order valence-corrected chi connectivity index (χ2v) is 6.97. The number of amides is 1. The highest BCUT2D eigenvalue weighted by Crippen LogP contribution is 2.32. The number of ether oxygens (including phenoxy) is 2. The monoisotopic (exact) mass is 324 g/mol. The van der Waals surface area contributed by atoms with Crippen molar-refractivity contribution >= 4 is 17.2 Å². The molecule has 3 rings (SSSR count). The van der Waals surface area contributed by atoms with E-state index in [0.29, 0.717) is 6.61 Å². The van der Waals surface area contributed by atoms with Crippen LogP contribution in [0.15, 0.2) is 5.38 Å². The fourth-order valence-electron chi connectivity index (χ4n) is 3.15. The molecule has 2 saturated heterocycles. The zero-order chi connectivity index (χ0) is 15.4. The standard InChI is InChI=1S/C16H24N2O3S/c1-12-11-22-16(17-12)14-6-2-3-7-18(14)15(19)10-20-9-13-5-4-8-21-13/h11,13-14H,2-10H2,1H3/t13-,14+/m1/s1. The molecular formula is C16H24N2O3S. The van der Waals surface area contributed by atoms with Crippen molar-refractivity contribution in [1.82, 2.24) is 9.88 Å². The molecule has 122 valence electrons. The van der Waals surface area contributed by atoms with Crippen LogP contribution in [0, 0.1) is 6.92 Å². The molecule has 0 bridgehead atoms. The summed E-state index contributed by atoms with van der Waals surface area (Å²) in [6.45, 7) is 4.31. The van der Waals surface area contributed by atoms with Gasteiger partial charge in [0.05, 0.1) is 18.8 Å². The average molecular weight is 324 g/mol. The Hall–Kier alpha value is -0.980. The van der Waals surface area contributed by atoms with Crippen LogP contribution in [0.4, 0.5) is 0 Å². The summed E-state index contributed by atoms with van der Waals surface area (Å²) in [5.74, 6) is 0.0792. The summed E-state index contributed by atoms with van der Waals surface area (Å²) in [7, 11) is 0. The first-order valence-electron chi connectivity index (χ1n) is 8.15. The van der Waals surface area contributed by atoms with Gasteiger partial charge in [-0.25, -0.2) is 4.98 Å². The van der Waals surface area contributed by atoms with Gasteiger partial charge >= 0.3 is 0 Å². The van der Waals surface area contributed by atoms with Crippen LogP contribution in [0.1, 0.15) is 48.8 Å². The number of carbonyl (C=O) groups is 1. The first-order valence-corrected chi connectivity index (χ1v) is 9.03. The van der Waals surface area contributed by atoms with Gasteiger partial charge < -0.3 is 14.4 Å². The third-order valence-corrected chi connectivity index (χ3v) is 5.36. The van der Waals surface area contributed by atoms with Crippen molar-refractivity contribution in [2.45, 2.75) is 51.2 Å². The first kappa shape index (κ1) is 15.9. The summed E-state index contributed by atoms with van der Waals surface area (Å²) in [4.78, 5) is 19.0. The van der Waals surface area contributed by atoms with Gasteiger partial charge in [-0.2, -0.15) is 0 Å². The zero-order valence-electron chi connectivity index (χ0n) is 13.1. The highest BCUT2D eigenvalue weighted by molar-refractivity contribution is 7.09. The summed E-state index contributed by atoms with van der Waals surface area (Å²) >= 11 is 1.66. The molecule has 2 fully saturated rings. The molecule has 1 aromatic rings. The summed E-state index contributed by atoms with van der Waals surface area (Å²) < 4.78 is 11.1. The van der Waals surface area contributed by atoms with E-state index < -0.39 is 0 Å². The van der Waals surface area contributed by atoms with E-state index in [0.717, 1.165) is 56.0 Å². The number of aryl methyl sites for hydroxylation is 1. The fraction of sp³-hybridized carbons (Fsp3) is 0.750. The van der Waals surface area contributed by atoms with Crippen molar-refractivity contribution in [2.24, 2.45) is 0 Å². The number of likely N-dealkylation sites (tertiary alicyclic amines) is 1. The van der Waals surface area contributed by atoms with Crippen molar-refractivity contribution in [3.8, 4) is 0 Å². The van der Waals surface area contributed by atoms with Crippen LogP contribution in [0.3, 0.4) is 0 Å². The highest BCUT2D eigenvalue weighted by atomic mass is 32.1. The fourth-order valence-corrected chi connectivity index (χ4v) is 4.09. The number of hydrogen-bond donors (Lipinski definition) is 0. The molecule has 5 nitrogen and oxygen atoms in total. The molecule has 0 saturated carbocycles. The smallest absolute Gasteiger partial charge is 0.249 e. The molecule has 6 heteroatoms. The molecule has 0 spiro atoms. The normalized spacial score (nSPS) is 25.6. The Morgan fingerprint density at radius 3 is 3.09 bits per heavy atom. The second-order valence-electron chi connectivity index (χ2n) is 6.08. The lowest BCUT2D eigenvalue weighted by Crippen LogP contribution is -2.40. The van der Waals surface area contributed by atoms with Crippen LogP contribution < -0.4 is 0 Å². The number of hydrogen-bond acceptors (Lipinski definition) is 5. The second kappa shape index (κ2) is 7.53. The largest absolute Gasteiger partial charge is 0.376 e. The Morgan fingerprint density at radius 2 is 2.36 bits per heavy atom. The van der Waals surface area contributed by atoms with Crippen molar-refractivity contribution in [1.29, 1.82) is 0 Å². The lowest BCUT2D eigenvalue weighted by Gasteiger charge is -2.34. The lowest BCUT2D eigenvalue weighted by molar-refractivity contribution is -0.141. The van der Waals surface area contributed by atoms with Gasteiger partial charge in [0.2, 0.25) is 5.91 Å². The molecule has 2 aliphatic heterocycles. The van der Waals surface area contributed by atoms with E-state index in [9.17, 15) is 4.79 Å². The Bertz CT molecular complexity index is 499. The predicted molar refractivity (Wildman–Crippen MR) is 84.9 cm³/mol. The van der Waals surface area contributed by atoms with Crippen LogP contribution in [-0.4, -0.2) is 48.3 Å². The van der Waals surface area contributed by atoms with Crippen LogP contribution in [-0.2, 0) is 14.3 Å². The van der Waals surface area contributed by atoms with Gasteiger partial charge in [0.15, 0.2) is 0 Å². The zero-order valence-corrected chi connectivity index (χ0v) is 13.9. The van der Waals surface area contributed by atoms with Crippen LogP contribution >= 0.6 is 11.3 Å². The minimum Gasteiger partial charge on any atom is -0.376 e. The highest BCUT2D eigenvalue weighted by Gasteiger charge is 2.30. The van der Waals surface area contributed by atoms with Gasteiger partial charge in [-0.15, -0.1) is 11.3 Å². The Balaban J connectivity index is 1.54. The van der Waals surface area contributed by atoms with E-state index in [1.54, 1.807) is 11.3 Å². The quantitative estimate of drug-likeness (QED) is 0.835. The molecule has 0 N–H and O–H groups in total. The molecule has 3 heterocycles. The number of thiazole rings is 1. The van der Waals surface area contributed by atoms with E-state index >= 15 is 0 Å². The summed E-state index contributed by atoms with van der Waals surface area (Å²) in [6.07, 6.45) is 5.54. The van der Waals surface area contributed by atoms with E-state index in [1.807, 2.05) is 11.8 Å². The number of carbonyl (C=O) groups excluding carboxylic acids is 1. The lowest BCUT2D eigenvalue weighted by atomic mass is 10.0. The summed E-state index contributed by atoms with van der Waals surface area (Å²) in [5, 5.41) is 3.12. The van der Waals surface area contributed by atoms with Crippen molar-refractivity contribution < 1.29 is 14.3 Å². The van der Waals surface area contributed by atoms with E-state index in [2.05, 4.69) is 10.4 Å². The van der Waals surface area contributed by atoms with Crippen molar-refractivity contribution in [3.63, 3.8) is 0 Å². The van der Waals surface area contributed by atoms with Gasteiger partial charge in [-0.3, -0.25) is 4.79 Å².